The molecule has 2 aromatic heterocycles. The van der Waals surface area contributed by atoms with Crippen molar-refractivity contribution in [2.75, 3.05) is 27.3 Å². The monoisotopic (exact) mass is 376 g/mol. The number of hydrogen-bond donors (Lipinski definition) is 0. The molecular weight excluding hydrogens is 352 g/mol. The number of carbonyl (C=O) groups is 1. The van der Waals surface area contributed by atoms with Gasteiger partial charge in [-0.1, -0.05) is 12.1 Å². The molecule has 28 heavy (non-hydrogen) atoms. The molecule has 0 amide bonds. The zero-order valence-electron chi connectivity index (χ0n) is 16.3. The number of aryl methyl sites for hydroxylation is 1. The molecule has 5 nitrogen and oxygen atoms in total. The molecule has 1 aliphatic rings. The second-order valence-electron chi connectivity index (χ2n) is 7.22. The number of likely N-dealkylation sites (N-methyl/N-ethyl adjacent to an activating group) is 1. The Hall–Kier alpha value is -2.76. The second kappa shape index (κ2) is 8.09. The Morgan fingerprint density at radius 1 is 1.07 bits per heavy atom. The molecule has 1 aromatic carbocycles. The topological polar surface area (TPSA) is 55.6 Å². The Labute approximate surface area is 165 Å². The van der Waals surface area contributed by atoms with Crippen LogP contribution in [0.4, 0.5) is 0 Å². The standard InChI is InChI=1S/C23H24N2O3/c1-25(11-12-27-2)15-19-14-21(16-7-9-24-10-8-16)23(28-19)18-3-5-20-17(13-18)4-6-22(20)26/h3,5,7-10,13-14H,4,6,11-12,15H2,1-2H3. The molecule has 0 saturated heterocycles. The van der Waals surface area contributed by atoms with Crippen LogP contribution >= 0.6 is 0 Å². The van der Waals surface area contributed by atoms with Crippen LogP contribution in [0, 0.1) is 0 Å². The van der Waals surface area contributed by atoms with E-state index in [-0.39, 0.29) is 5.78 Å². The van der Waals surface area contributed by atoms with E-state index in [9.17, 15) is 4.79 Å². The lowest BCUT2D eigenvalue weighted by Gasteiger charge is -2.13. The number of furan rings is 1. The van der Waals surface area contributed by atoms with Crippen molar-refractivity contribution in [3.63, 3.8) is 0 Å². The molecule has 144 valence electrons. The number of benzene rings is 1. The van der Waals surface area contributed by atoms with Crippen LogP contribution < -0.4 is 0 Å². The van der Waals surface area contributed by atoms with Crippen LogP contribution in [-0.4, -0.2) is 43.0 Å². The van der Waals surface area contributed by atoms with Crippen molar-refractivity contribution < 1.29 is 13.9 Å². The summed E-state index contributed by atoms with van der Waals surface area (Å²) < 4.78 is 11.5. The number of fused-ring (bicyclic) bond motifs is 1. The maximum Gasteiger partial charge on any atom is 0.163 e. The van der Waals surface area contributed by atoms with Crippen LogP contribution in [0.25, 0.3) is 22.5 Å². The second-order valence-corrected chi connectivity index (χ2v) is 7.22. The Bertz CT molecular complexity index is 979. The summed E-state index contributed by atoms with van der Waals surface area (Å²) in [7, 11) is 3.76. The van der Waals surface area contributed by atoms with Gasteiger partial charge in [0.2, 0.25) is 0 Å². The van der Waals surface area contributed by atoms with Crippen LogP contribution in [0.2, 0.25) is 0 Å². The van der Waals surface area contributed by atoms with Crippen LogP contribution in [0.1, 0.15) is 28.1 Å². The largest absolute Gasteiger partial charge is 0.459 e. The number of methoxy groups -OCH3 is 1. The first-order chi connectivity index (χ1) is 13.7. The van der Waals surface area contributed by atoms with Gasteiger partial charge in [-0.25, -0.2) is 0 Å². The fraction of sp³-hybridized carbons (Fsp3) is 0.304. The van der Waals surface area contributed by atoms with Gasteiger partial charge in [0.1, 0.15) is 11.5 Å². The Balaban J connectivity index is 1.72. The average molecular weight is 376 g/mol. The third-order valence-corrected chi connectivity index (χ3v) is 5.17. The Kier molecular flexibility index (Phi) is 5.37. The van der Waals surface area contributed by atoms with Crippen molar-refractivity contribution in [3.05, 3.63) is 65.7 Å². The van der Waals surface area contributed by atoms with E-state index < -0.39 is 0 Å². The minimum Gasteiger partial charge on any atom is -0.459 e. The predicted molar refractivity (Wildman–Crippen MR) is 108 cm³/mol. The minimum absolute atomic E-state index is 0.232. The number of pyridine rings is 1. The lowest BCUT2D eigenvalue weighted by atomic mass is 9.99. The molecule has 0 saturated carbocycles. The van der Waals surface area contributed by atoms with Gasteiger partial charge in [0.05, 0.1) is 13.2 Å². The summed E-state index contributed by atoms with van der Waals surface area (Å²) in [6.45, 7) is 2.21. The lowest BCUT2D eigenvalue weighted by Crippen LogP contribution is -2.21. The van der Waals surface area contributed by atoms with E-state index in [1.807, 2.05) is 31.3 Å². The molecule has 0 bridgehead atoms. The lowest BCUT2D eigenvalue weighted by molar-refractivity contribution is 0.0994. The molecule has 0 fully saturated rings. The summed E-state index contributed by atoms with van der Waals surface area (Å²) >= 11 is 0. The summed E-state index contributed by atoms with van der Waals surface area (Å²) in [6.07, 6.45) is 4.99. The summed E-state index contributed by atoms with van der Waals surface area (Å²) in [4.78, 5) is 18.3. The van der Waals surface area contributed by atoms with Crippen LogP contribution in [0.15, 0.2) is 53.2 Å². The van der Waals surface area contributed by atoms with Crippen molar-refractivity contribution in [2.24, 2.45) is 0 Å². The first-order valence-electron chi connectivity index (χ1n) is 9.53. The zero-order chi connectivity index (χ0) is 19.5. The molecule has 4 rings (SSSR count). The summed E-state index contributed by atoms with van der Waals surface area (Å²) in [6, 6.07) is 12.1. The van der Waals surface area contributed by atoms with Crippen molar-refractivity contribution in [2.45, 2.75) is 19.4 Å². The summed E-state index contributed by atoms with van der Waals surface area (Å²) in [5.74, 6) is 1.97. The number of Topliss-reactive ketones (excluding diaryl/α,β-unsaturated/α-hetero) is 1. The van der Waals surface area contributed by atoms with Crippen molar-refractivity contribution in [1.29, 1.82) is 0 Å². The van der Waals surface area contributed by atoms with E-state index in [0.29, 0.717) is 19.6 Å². The van der Waals surface area contributed by atoms with Crippen molar-refractivity contribution >= 4 is 5.78 Å². The van der Waals surface area contributed by atoms with Crippen LogP contribution in [-0.2, 0) is 17.7 Å². The maximum atomic E-state index is 12.0. The van der Waals surface area contributed by atoms with Gasteiger partial charge in [0.15, 0.2) is 5.78 Å². The van der Waals surface area contributed by atoms with Gasteiger partial charge in [-0.2, -0.15) is 0 Å². The summed E-state index contributed by atoms with van der Waals surface area (Å²) in [5.41, 5.74) is 5.07. The number of carbonyl (C=O) groups excluding carboxylic acids is 1. The van der Waals surface area contributed by atoms with E-state index in [1.54, 1.807) is 19.5 Å². The molecule has 2 heterocycles. The molecule has 0 atom stereocenters. The fourth-order valence-corrected chi connectivity index (χ4v) is 3.67. The molecule has 5 heteroatoms. The van der Waals surface area contributed by atoms with Crippen molar-refractivity contribution in [1.82, 2.24) is 9.88 Å². The SMILES string of the molecule is COCCN(C)Cc1cc(-c2ccncc2)c(-c2ccc3c(c2)CCC3=O)o1. The third kappa shape index (κ3) is 3.77. The highest BCUT2D eigenvalue weighted by Crippen LogP contribution is 2.37. The normalized spacial score (nSPS) is 13.3. The van der Waals surface area contributed by atoms with Crippen LogP contribution in [0.5, 0.6) is 0 Å². The quantitative estimate of drug-likeness (QED) is 0.618. The first kappa shape index (κ1) is 18.6. The molecular formula is C23H24N2O3. The fourth-order valence-electron chi connectivity index (χ4n) is 3.67. The maximum absolute atomic E-state index is 12.0. The van der Waals surface area contributed by atoms with E-state index >= 15 is 0 Å². The van der Waals surface area contributed by atoms with Gasteiger partial charge in [-0.05, 0) is 48.9 Å². The van der Waals surface area contributed by atoms with E-state index in [2.05, 4.69) is 22.0 Å². The van der Waals surface area contributed by atoms with E-state index in [0.717, 1.165) is 52.3 Å². The highest BCUT2D eigenvalue weighted by Gasteiger charge is 2.22. The number of aromatic nitrogens is 1. The number of ketones is 1. The minimum atomic E-state index is 0.232. The van der Waals surface area contributed by atoms with Gasteiger partial charge < -0.3 is 9.15 Å². The Morgan fingerprint density at radius 2 is 1.89 bits per heavy atom. The first-order valence-corrected chi connectivity index (χ1v) is 9.53. The van der Waals surface area contributed by atoms with Gasteiger partial charge in [-0.3, -0.25) is 14.7 Å². The number of rotatable bonds is 7. The smallest absolute Gasteiger partial charge is 0.163 e. The van der Waals surface area contributed by atoms with E-state index in [1.165, 1.54) is 0 Å². The molecule has 3 aromatic rings. The van der Waals surface area contributed by atoms with E-state index in [4.69, 9.17) is 9.15 Å². The van der Waals surface area contributed by atoms with Gasteiger partial charge in [-0.15, -0.1) is 0 Å². The predicted octanol–water partition coefficient (Wildman–Crippen LogP) is 4.22. The molecule has 0 spiro atoms. The Morgan fingerprint density at radius 3 is 2.68 bits per heavy atom. The van der Waals surface area contributed by atoms with Gasteiger partial charge >= 0.3 is 0 Å². The van der Waals surface area contributed by atoms with Gasteiger partial charge in [0, 0.05) is 49.2 Å². The van der Waals surface area contributed by atoms with Gasteiger partial charge in [0.25, 0.3) is 0 Å². The molecule has 0 unspecified atom stereocenters. The molecule has 1 aliphatic carbocycles. The number of hydrogen-bond acceptors (Lipinski definition) is 5. The van der Waals surface area contributed by atoms with Crippen molar-refractivity contribution in [3.8, 4) is 22.5 Å². The molecule has 0 radical (unpaired) electrons. The third-order valence-electron chi connectivity index (χ3n) is 5.17. The molecule has 0 N–H and O–H groups in total. The number of nitrogens with zero attached hydrogens (tertiary/aromatic N) is 2. The zero-order valence-corrected chi connectivity index (χ0v) is 16.3. The average Bonchev–Trinajstić information content (AvgIpc) is 3.30. The highest BCUT2D eigenvalue weighted by atomic mass is 16.5. The summed E-state index contributed by atoms with van der Waals surface area (Å²) in [5, 5.41) is 0. The molecule has 0 aliphatic heterocycles. The number of ether oxygens (including phenoxy) is 1. The highest BCUT2D eigenvalue weighted by molar-refractivity contribution is 6.01. The van der Waals surface area contributed by atoms with Crippen LogP contribution in [0.3, 0.4) is 0 Å².